The van der Waals surface area contributed by atoms with Crippen LogP contribution in [0, 0.1) is 11.8 Å². The molecule has 0 spiro atoms. The fourth-order valence-corrected chi connectivity index (χ4v) is 2.66. The minimum atomic E-state index is 0.141. The maximum Gasteiger partial charge on any atom is 0.223 e. The van der Waals surface area contributed by atoms with Crippen molar-refractivity contribution < 1.29 is 4.79 Å². The molecule has 2 atom stereocenters. The zero-order valence-corrected chi connectivity index (χ0v) is 13.2. The van der Waals surface area contributed by atoms with E-state index in [1.54, 1.807) is 0 Å². The summed E-state index contributed by atoms with van der Waals surface area (Å²) in [7, 11) is 0. The quantitative estimate of drug-likeness (QED) is 0.846. The van der Waals surface area contributed by atoms with Gasteiger partial charge in [0, 0.05) is 17.3 Å². The van der Waals surface area contributed by atoms with Crippen LogP contribution >= 0.6 is 15.9 Å². The Morgan fingerprint density at radius 1 is 1.37 bits per heavy atom. The summed E-state index contributed by atoms with van der Waals surface area (Å²) in [6.07, 6.45) is 2.88. The zero-order valence-electron chi connectivity index (χ0n) is 11.7. The SMILES string of the molecule is CC(C)C(Br)CNC(=O)C1CCc2ccccc2C1. The lowest BCUT2D eigenvalue weighted by Crippen LogP contribution is -2.38. The number of nitrogens with one attached hydrogen (secondary N) is 1. The van der Waals surface area contributed by atoms with Crippen molar-refractivity contribution >= 4 is 21.8 Å². The fourth-order valence-electron chi connectivity index (χ4n) is 2.50. The molecule has 0 radical (unpaired) electrons. The molecule has 1 aliphatic carbocycles. The van der Waals surface area contributed by atoms with Gasteiger partial charge in [0.1, 0.15) is 0 Å². The maximum atomic E-state index is 12.2. The number of hydrogen-bond acceptors (Lipinski definition) is 1. The first kappa shape index (κ1) is 14.6. The van der Waals surface area contributed by atoms with Crippen LogP contribution in [0.1, 0.15) is 31.4 Å². The van der Waals surface area contributed by atoms with Gasteiger partial charge in [0.25, 0.3) is 0 Å². The lowest BCUT2D eigenvalue weighted by atomic mass is 9.83. The predicted molar refractivity (Wildman–Crippen MR) is 82.5 cm³/mol. The van der Waals surface area contributed by atoms with Crippen LogP contribution in [-0.4, -0.2) is 17.3 Å². The molecule has 2 rings (SSSR count). The molecule has 1 aromatic carbocycles. The first-order chi connectivity index (χ1) is 9.08. The summed E-state index contributed by atoms with van der Waals surface area (Å²) in [4.78, 5) is 12.6. The third kappa shape index (κ3) is 3.82. The van der Waals surface area contributed by atoms with Crippen molar-refractivity contribution in [2.75, 3.05) is 6.54 Å². The number of amides is 1. The van der Waals surface area contributed by atoms with Crippen molar-refractivity contribution in [3.05, 3.63) is 35.4 Å². The molecule has 0 aromatic heterocycles. The molecule has 1 amide bonds. The van der Waals surface area contributed by atoms with E-state index in [9.17, 15) is 4.79 Å². The third-order valence-corrected chi connectivity index (χ3v) is 5.29. The van der Waals surface area contributed by atoms with Crippen LogP contribution in [0.3, 0.4) is 0 Å². The van der Waals surface area contributed by atoms with Gasteiger partial charge in [0.05, 0.1) is 0 Å². The van der Waals surface area contributed by atoms with Crippen molar-refractivity contribution in [1.29, 1.82) is 0 Å². The Morgan fingerprint density at radius 2 is 2.05 bits per heavy atom. The van der Waals surface area contributed by atoms with E-state index in [0.717, 1.165) is 19.3 Å². The van der Waals surface area contributed by atoms with E-state index in [1.165, 1.54) is 11.1 Å². The summed E-state index contributed by atoms with van der Waals surface area (Å²) in [6, 6.07) is 8.47. The van der Waals surface area contributed by atoms with E-state index in [2.05, 4.69) is 59.4 Å². The van der Waals surface area contributed by atoms with Gasteiger partial charge in [-0.15, -0.1) is 0 Å². The Balaban J connectivity index is 1.89. The number of rotatable bonds is 4. The van der Waals surface area contributed by atoms with Crippen molar-refractivity contribution in [1.82, 2.24) is 5.32 Å². The van der Waals surface area contributed by atoms with E-state index in [0.29, 0.717) is 17.3 Å². The highest BCUT2D eigenvalue weighted by molar-refractivity contribution is 9.09. The van der Waals surface area contributed by atoms with Gasteiger partial charge in [-0.2, -0.15) is 0 Å². The summed E-state index contributed by atoms with van der Waals surface area (Å²) >= 11 is 3.61. The van der Waals surface area contributed by atoms with Crippen LogP contribution in [0.5, 0.6) is 0 Å². The van der Waals surface area contributed by atoms with Gasteiger partial charge in [0.2, 0.25) is 5.91 Å². The highest BCUT2D eigenvalue weighted by Gasteiger charge is 2.24. The normalized spacial score (nSPS) is 19.9. The number of carbonyl (C=O) groups excluding carboxylic acids is 1. The van der Waals surface area contributed by atoms with Crippen molar-refractivity contribution in [2.24, 2.45) is 11.8 Å². The van der Waals surface area contributed by atoms with Crippen LogP contribution < -0.4 is 5.32 Å². The standard InChI is InChI=1S/C16H22BrNO/c1-11(2)15(17)10-18-16(19)14-8-7-12-5-3-4-6-13(12)9-14/h3-6,11,14-15H,7-10H2,1-2H3,(H,18,19). The molecule has 0 fully saturated rings. The summed E-state index contributed by atoms with van der Waals surface area (Å²) in [5.41, 5.74) is 2.75. The van der Waals surface area contributed by atoms with E-state index >= 15 is 0 Å². The molecule has 2 nitrogen and oxygen atoms in total. The molecular weight excluding hydrogens is 302 g/mol. The average Bonchev–Trinajstić information content (AvgIpc) is 2.43. The smallest absolute Gasteiger partial charge is 0.223 e. The van der Waals surface area contributed by atoms with Crippen molar-refractivity contribution in [3.63, 3.8) is 0 Å². The largest absolute Gasteiger partial charge is 0.355 e. The molecule has 1 aromatic rings. The topological polar surface area (TPSA) is 29.1 Å². The summed E-state index contributed by atoms with van der Waals surface area (Å²) in [5, 5.41) is 3.08. The Morgan fingerprint density at radius 3 is 2.74 bits per heavy atom. The van der Waals surface area contributed by atoms with Crippen molar-refractivity contribution in [2.45, 2.75) is 37.9 Å². The van der Waals surface area contributed by atoms with Gasteiger partial charge in [-0.3, -0.25) is 4.79 Å². The van der Waals surface area contributed by atoms with Gasteiger partial charge >= 0.3 is 0 Å². The third-order valence-electron chi connectivity index (χ3n) is 3.91. The number of hydrogen-bond donors (Lipinski definition) is 1. The molecule has 2 unspecified atom stereocenters. The first-order valence-electron chi connectivity index (χ1n) is 7.06. The molecule has 0 aliphatic heterocycles. The van der Waals surface area contributed by atoms with Crippen LogP contribution in [0.2, 0.25) is 0 Å². The molecule has 0 saturated carbocycles. The summed E-state index contributed by atoms with van der Waals surface area (Å²) < 4.78 is 0. The number of alkyl halides is 1. The summed E-state index contributed by atoms with van der Waals surface area (Å²) in [6.45, 7) is 5.03. The van der Waals surface area contributed by atoms with Gasteiger partial charge in [-0.05, 0) is 36.3 Å². The molecule has 3 heteroatoms. The Labute approximate surface area is 124 Å². The van der Waals surface area contributed by atoms with Gasteiger partial charge in [-0.1, -0.05) is 54.0 Å². The van der Waals surface area contributed by atoms with E-state index in [1.807, 2.05) is 0 Å². The molecule has 0 heterocycles. The minimum Gasteiger partial charge on any atom is -0.355 e. The molecule has 104 valence electrons. The maximum absolute atomic E-state index is 12.2. The second-order valence-corrected chi connectivity index (χ2v) is 6.89. The van der Waals surface area contributed by atoms with Gasteiger partial charge in [-0.25, -0.2) is 0 Å². The number of fused-ring (bicyclic) bond motifs is 1. The van der Waals surface area contributed by atoms with Crippen LogP contribution in [-0.2, 0) is 17.6 Å². The Hall–Kier alpha value is -0.830. The highest BCUT2D eigenvalue weighted by Crippen LogP contribution is 2.25. The number of carbonyl (C=O) groups is 1. The predicted octanol–water partition coefficient (Wildman–Crippen LogP) is 3.33. The minimum absolute atomic E-state index is 0.141. The van der Waals surface area contributed by atoms with Gasteiger partial charge in [0.15, 0.2) is 0 Å². The van der Waals surface area contributed by atoms with E-state index < -0.39 is 0 Å². The van der Waals surface area contributed by atoms with Crippen molar-refractivity contribution in [3.8, 4) is 0 Å². The Bertz CT molecular complexity index is 444. The second kappa shape index (κ2) is 6.56. The van der Waals surface area contributed by atoms with E-state index in [-0.39, 0.29) is 11.8 Å². The van der Waals surface area contributed by atoms with Crippen LogP contribution in [0.25, 0.3) is 0 Å². The fraction of sp³-hybridized carbons (Fsp3) is 0.562. The van der Waals surface area contributed by atoms with Crippen LogP contribution in [0.15, 0.2) is 24.3 Å². The molecule has 1 N–H and O–H groups in total. The number of aryl methyl sites for hydroxylation is 1. The highest BCUT2D eigenvalue weighted by atomic mass is 79.9. The molecule has 0 bridgehead atoms. The summed E-state index contributed by atoms with van der Waals surface area (Å²) in [5.74, 6) is 0.883. The van der Waals surface area contributed by atoms with Gasteiger partial charge < -0.3 is 5.32 Å². The first-order valence-corrected chi connectivity index (χ1v) is 7.98. The molecule has 19 heavy (non-hydrogen) atoms. The number of benzene rings is 1. The molecular formula is C16H22BrNO. The average molecular weight is 324 g/mol. The lowest BCUT2D eigenvalue weighted by Gasteiger charge is -2.24. The Kier molecular flexibility index (Phi) is 5.03. The zero-order chi connectivity index (χ0) is 13.8. The lowest BCUT2D eigenvalue weighted by molar-refractivity contribution is -0.125. The second-order valence-electron chi connectivity index (χ2n) is 5.71. The van der Waals surface area contributed by atoms with E-state index in [4.69, 9.17) is 0 Å². The number of halogens is 1. The molecule has 1 aliphatic rings. The monoisotopic (exact) mass is 323 g/mol. The molecule has 0 saturated heterocycles. The van der Waals surface area contributed by atoms with Crippen LogP contribution in [0.4, 0.5) is 0 Å².